The number of ether oxygens (including phenoxy) is 1. The van der Waals surface area contributed by atoms with Gasteiger partial charge in [-0.1, -0.05) is 59.2 Å². The Morgan fingerprint density at radius 2 is 1.86 bits per heavy atom. The zero-order valence-corrected chi connectivity index (χ0v) is 17.5. The van der Waals surface area contributed by atoms with Crippen LogP contribution in [0.4, 0.5) is 0 Å². The smallest absolute Gasteiger partial charge is 0.137 e. The standard InChI is InChI=1S/C23H19Cl2NOS/c24-15-6-7-17(20(25)12-15)14-10-18-19-13-26-9-8-21(19)27-23(18)22(11-14)28-16-4-2-1-3-5-16/h1-7,10-12,19,21,26H,8-9,13H2/t19-,21?/m0/s1. The van der Waals surface area contributed by atoms with Crippen LogP contribution in [0.2, 0.25) is 10.0 Å². The molecule has 2 aliphatic rings. The van der Waals surface area contributed by atoms with E-state index in [4.69, 9.17) is 27.9 Å². The van der Waals surface area contributed by atoms with Gasteiger partial charge in [-0.2, -0.15) is 0 Å². The predicted octanol–water partition coefficient (Wildman–Crippen LogP) is 6.65. The summed E-state index contributed by atoms with van der Waals surface area (Å²) in [5.74, 6) is 1.41. The third-order valence-corrected chi connectivity index (χ3v) is 6.96. The molecule has 1 saturated heterocycles. The van der Waals surface area contributed by atoms with Gasteiger partial charge in [-0.25, -0.2) is 0 Å². The van der Waals surface area contributed by atoms with Crippen LogP contribution in [0.1, 0.15) is 17.9 Å². The Kier molecular flexibility index (Phi) is 5.02. The van der Waals surface area contributed by atoms with Crippen LogP contribution in [-0.2, 0) is 0 Å². The van der Waals surface area contributed by atoms with E-state index in [1.54, 1.807) is 17.8 Å². The van der Waals surface area contributed by atoms with Crippen molar-refractivity contribution in [2.45, 2.75) is 28.2 Å². The fourth-order valence-corrected chi connectivity index (χ4v) is 5.54. The average Bonchev–Trinajstić information content (AvgIpc) is 3.08. The molecule has 0 bridgehead atoms. The quantitative estimate of drug-likeness (QED) is 0.505. The van der Waals surface area contributed by atoms with Gasteiger partial charge in [-0.3, -0.25) is 0 Å². The van der Waals surface area contributed by atoms with Crippen molar-refractivity contribution in [3.8, 4) is 16.9 Å². The maximum absolute atomic E-state index is 6.53. The normalized spacial score (nSPS) is 20.4. The molecule has 2 nitrogen and oxygen atoms in total. The van der Waals surface area contributed by atoms with Crippen LogP contribution in [0.25, 0.3) is 11.1 Å². The van der Waals surface area contributed by atoms with E-state index in [0.717, 1.165) is 41.3 Å². The van der Waals surface area contributed by atoms with E-state index in [1.165, 1.54) is 10.5 Å². The van der Waals surface area contributed by atoms with Crippen LogP contribution in [0.3, 0.4) is 0 Å². The van der Waals surface area contributed by atoms with Gasteiger partial charge in [0.05, 0.1) is 4.90 Å². The number of benzene rings is 3. The summed E-state index contributed by atoms with van der Waals surface area (Å²) in [5.41, 5.74) is 3.38. The van der Waals surface area contributed by atoms with Crippen molar-refractivity contribution in [2.75, 3.05) is 13.1 Å². The van der Waals surface area contributed by atoms with Crippen LogP contribution < -0.4 is 10.1 Å². The molecule has 3 aromatic carbocycles. The lowest BCUT2D eigenvalue weighted by Crippen LogP contribution is -2.37. The van der Waals surface area contributed by atoms with E-state index in [1.807, 2.05) is 18.2 Å². The monoisotopic (exact) mass is 427 g/mol. The van der Waals surface area contributed by atoms with Crippen molar-refractivity contribution in [1.29, 1.82) is 0 Å². The minimum absolute atomic E-state index is 0.252. The van der Waals surface area contributed by atoms with Crippen molar-refractivity contribution < 1.29 is 4.74 Å². The Morgan fingerprint density at radius 1 is 1.00 bits per heavy atom. The first kappa shape index (κ1) is 18.4. The summed E-state index contributed by atoms with van der Waals surface area (Å²) in [6.45, 7) is 1.96. The lowest BCUT2D eigenvalue weighted by Gasteiger charge is -2.24. The molecular formula is C23H19Cl2NOS. The number of nitrogens with one attached hydrogen (secondary N) is 1. The largest absolute Gasteiger partial charge is 0.488 e. The fraction of sp³-hybridized carbons (Fsp3) is 0.217. The van der Waals surface area contributed by atoms with Gasteiger partial charge in [0, 0.05) is 38.5 Å². The third kappa shape index (κ3) is 3.42. The Hall–Kier alpha value is -1.65. The van der Waals surface area contributed by atoms with Gasteiger partial charge in [0.25, 0.3) is 0 Å². The zero-order chi connectivity index (χ0) is 19.1. The molecule has 0 aliphatic carbocycles. The van der Waals surface area contributed by atoms with Crippen molar-refractivity contribution >= 4 is 35.0 Å². The van der Waals surface area contributed by atoms with Crippen molar-refractivity contribution in [2.24, 2.45) is 0 Å². The number of piperidine rings is 1. The first-order valence-corrected chi connectivity index (χ1v) is 11.0. The lowest BCUT2D eigenvalue weighted by atomic mass is 9.89. The van der Waals surface area contributed by atoms with Gasteiger partial charge in [-0.15, -0.1) is 0 Å². The molecule has 3 aromatic rings. The molecule has 1 fully saturated rings. The topological polar surface area (TPSA) is 21.3 Å². The van der Waals surface area contributed by atoms with Gasteiger partial charge in [0.1, 0.15) is 11.9 Å². The maximum atomic E-state index is 6.53. The van der Waals surface area contributed by atoms with Crippen LogP contribution in [0.15, 0.2) is 70.5 Å². The zero-order valence-electron chi connectivity index (χ0n) is 15.1. The van der Waals surface area contributed by atoms with Crippen LogP contribution in [-0.4, -0.2) is 19.2 Å². The first-order chi connectivity index (χ1) is 13.7. The van der Waals surface area contributed by atoms with E-state index in [2.05, 4.69) is 41.7 Å². The molecule has 28 heavy (non-hydrogen) atoms. The van der Waals surface area contributed by atoms with Gasteiger partial charge in [-0.05, 0) is 54.9 Å². The van der Waals surface area contributed by atoms with Crippen LogP contribution in [0, 0.1) is 0 Å². The molecule has 2 atom stereocenters. The van der Waals surface area contributed by atoms with Crippen molar-refractivity contribution in [3.05, 3.63) is 76.3 Å². The number of fused-ring (bicyclic) bond motifs is 3. The molecule has 1 N–H and O–H groups in total. The van der Waals surface area contributed by atoms with Gasteiger partial charge >= 0.3 is 0 Å². The number of halogens is 2. The molecule has 0 radical (unpaired) electrons. The molecule has 0 saturated carbocycles. The van der Waals surface area contributed by atoms with E-state index >= 15 is 0 Å². The van der Waals surface area contributed by atoms with E-state index < -0.39 is 0 Å². The summed E-state index contributed by atoms with van der Waals surface area (Å²) in [6.07, 6.45) is 1.29. The summed E-state index contributed by atoms with van der Waals surface area (Å²) in [5, 5.41) is 4.83. The van der Waals surface area contributed by atoms with E-state index in [9.17, 15) is 0 Å². The summed E-state index contributed by atoms with van der Waals surface area (Å²) >= 11 is 14.4. The minimum atomic E-state index is 0.252. The van der Waals surface area contributed by atoms with E-state index in [-0.39, 0.29) is 6.10 Å². The van der Waals surface area contributed by atoms with Gasteiger partial charge in [0.15, 0.2) is 0 Å². The highest BCUT2D eigenvalue weighted by Gasteiger charge is 2.38. The molecule has 0 amide bonds. The molecular weight excluding hydrogens is 409 g/mol. The molecule has 1 unspecified atom stereocenters. The molecule has 5 rings (SSSR count). The minimum Gasteiger partial charge on any atom is -0.488 e. The second-order valence-corrected chi connectivity index (χ2v) is 9.15. The summed E-state index contributed by atoms with van der Waals surface area (Å²) in [4.78, 5) is 2.33. The van der Waals surface area contributed by atoms with Crippen LogP contribution in [0.5, 0.6) is 5.75 Å². The molecule has 142 valence electrons. The Labute approximate surface area is 179 Å². The van der Waals surface area contributed by atoms with Crippen LogP contribution >= 0.6 is 35.0 Å². The molecule has 0 aromatic heterocycles. The Balaban J connectivity index is 1.64. The summed E-state index contributed by atoms with van der Waals surface area (Å²) < 4.78 is 6.44. The SMILES string of the molecule is Clc1ccc(-c2cc(Sc3ccccc3)c3c(c2)[C@@H]2CNCCC2O3)c(Cl)c1. The maximum Gasteiger partial charge on any atom is 0.137 e. The fourth-order valence-electron chi connectivity index (χ4n) is 4.03. The predicted molar refractivity (Wildman–Crippen MR) is 117 cm³/mol. The van der Waals surface area contributed by atoms with Crippen molar-refractivity contribution in [3.63, 3.8) is 0 Å². The number of hydrogen-bond donors (Lipinski definition) is 1. The van der Waals surface area contributed by atoms with Gasteiger partial charge in [0.2, 0.25) is 0 Å². The second kappa shape index (κ2) is 7.64. The Morgan fingerprint density at radius 3 is 2.68 bits per heavy atom. The third-order valence-electron chi connectivity index (χ3n) is 5.38. The Bertz CT molecular complexity index is 1020. The first-order valence-electron chi connectivity index (χ1n) is 9.43. The number of hydrogen-bond acceptors (Lipinski definition) is 3. The van der Waals surface area contributed by atoms with Crippen molar-refractivity contribution in [1.82, 2.24) is 5.32 Å². The van der Waals surface area contributed by atoms with Gasteiger partial charge < -0.3 is 10.1 Å². The highest BCUT2D eigenvalue weighted by Crippen LogP contribution is 2.50. The summed E-state index contributed by atoms with van der Waals surface area (Å²) in [6, 6.07) is 20.5. The average molecular weight is 428 g/mol. The van der Waals surface area contributed by atoms with E-state index in [0.29, 0.717) is 16.0 Å². The highest BCUT2D eigenvalue weighted by molar-refractivity contribution is 7.99. The summed E-state index contributed by atoms with van der Waals surface area (Å²) in [7, 11) is 0. The molecule has 5 heteroatoms. The number of rotatable bonds is 3. The lowest BCUT2D eigenvalue weighted by molar-refractivity contribution is 0.169. The molecule has 0 spiro atoms. The second-order valence-electron chi connectivity index (χ2n) is 7.19. The molecule has 2 heterocycles. The highest BCUT2D eigenvalue weighted by atomic mass is 35.5. The molecule has 2 aliphatic heterocycles.